The van der Waals surface area contributed by atoms with Crippen molar-refractivity contribution in [1.29, 1.82) is 0 Å². The first kappa shape index (κ1) is 18.9. The number of amides is 1. The van der Waals surface area contributed by atoms with Crippen LogP contribution >= 0.6 is 11.3 Å². The van der Waals surface area contributed by atoms with Crippen molar-refractivity contribution in [3.63, 3.8) is 0 Å². The summed E-state index contributed by atoms with van der Waals surface area (Å²) in [5.74, 6) is -2.36. The average Bonchev–Trinajstić information content (AvgIpc) is 3.01. The highest BCUT2D eigenvalue weighted by atomic mass is 32.1. The van der Waals surface area contributed by atoms with Crippen LogP contribution in [0.2, 0.25) is 0 Å². The molecule has 0 saturated carbocycles. The second kappa shape index (κ2) is 7.77. The lowest BCUT2D eigenvalue weighted by Gasteiger charge is -2.38. The molecule has 0 aliphatic carbocycles. The molecule has 26 heavy (non-hydrogen) atoms. The lowest BCUT2D eigenvalue weighted by molar-refractivity contribution is -0.157. The molecule has 1 aliphatic rings. The molecule has 1 atom stereocenters. The summed E-state index contributed by atoms with van der Waals surface area (Å²) in [4.78, 5) is 18.4. The number of thiazole rings is 1. The van der Waals surface area contributed by atoms with Crippen LogP contribution in [0.3, 0.4) is 0 Å². The maximum absolute atomic E-state index is 13.9. The summed E-state index contributed by atoms with van der Waals surface area (Å²) in [5, 5.41) is 16.7. The topological polar surface area (TPSA) is 65.5 Å². The van der Waals surface area contributed by atoms with E-state index in [1.54, 1.807) is 0 Å². The van der Waals surface area contributed by atoms with Crippen LogP contribution in [0.4, 0.5) is 8.78 Å². The van der Waals surface area contributed by atoms with Crippen LogP contribution in [-0.4, -0.2) is 39.6 Å². The molecule has 1 aromatic carbocycles. The maximum Gasteiger partial charge on any atom is 0.256 e. The summed E-state index contributed by atoms with van der Waals surface area (Å²) in [6.45, 7) is 2.81. The maximum atomic E-state index is 13.9. The number of aromatic nitrogens is 1. The Morgan fingerprint density at radius 1 is 1.42 bits per heavy atom. The largest absolute Gasteiger partial charge is 0.379 e. The predicted octanol–water partition coefficient (Wildman–Crippen LogP) is 2.37. The van der Waals surface area contributed by atoms with Crippen molar-refractivity contribution in [1.82, 2.24) is 15.2 Å². The van der Waals surface area contributed by atoms with Crippen LogP contribution in [0, 0.1) is 18.6 Å². The van der Waals surface area contributed by atoms with E-state index in [9.17, 15) is 18.7 Å². The van der Waals surface area contributed by atoms with Crippen molar-refractivity contribution in [3.8, 4) is 0 Å². The van der Waals surface area contributed by atoms with Crippen molar-refractivity contribution in [2.24, 2.45) is 0 Å². The van der Waals surface area contributed by atoms with Crippen LogP contribution in [0.15, 0.2) is 23.6 Å². The Morgan fingerprint density at radius 2 is 2.23 bits per heavy atom. The van der Waals surface area contributed by atoms with E-state index in [1.165, 1.54) is 28.4 Å². The summed E-state index contributed by atoms with van der Waals surface area (Å²) in [7, 11) is 0. The summed E-state index contributed by atoms with van der Waals surface area (Å²) < 4.78 is 27.2. The lowest BCUT2D eigenvalue weighted by atomic mass is 9.91. The van der Waals surface area contributed by atoms with E-state index in [1.807, 2.05) is 12.3 Å². The normalized spacial score (nSPS) is 20.6. The molecule has 8 heteroatoms. The Morgan fingerprint density at radius 3 is 2.96 bits per heavy atom. The van der Waals surface area contributed by atoms with Gasteiger partial charge in [0.15, 0.2) is 17.2 Å². The standard InChI is InChI=1S/C18H21F2N3O2S/c1-12-10-26-15(22-12)8-21-11-18(25)6-3-7-23(17(18)24)9-13-4-2-5-14(19)16(13)20/h2,4-5,10,21,25H,3,6-9,11H2,1H3/t18-/m1/s1. The van der Waals surface area contributed by atoms with Crippen molar-refractivity contribution >= 4 is 17.2 Å². The number of carbonyl (C=O) groups is 1. The summed E-state index contributed by atoms with van der Waals surface area (Å²) in [6, 6.07) is 3.89. The third-order valence-electron chi connectivity index (χ3n) is 4.46. The number of aryl methyl sites for hydroxylation is 1. The zero-order valence-electron chi connectivity index (χ0n) is 14.5. The van der Waals surface area contributed by atoms with Gasteiger partial charge in [0.25, 0.3) is 5.91 Å². The molecule has 1 amide bonds. The molecule has 3 rings (SSSR count). The molecule has 0 unspecified atom stereocenters. The Kier molecular flexibility index (Phi) is 5.64. The van der Waals surface area contributed by atoms with Gasteiger partial charge in [-0.2, -0.15) is 0 Å². The number of hydrogen-bond acceptors (Lipinski definition) is 5. The minimum Gasteiger partial charge on any atom is -0.379 e. The first-order valence-corrected chi connectivity index (χ1v) is 9.33. The van der Waals surface area contributed by atoms with Gasteiger partial charge in [0.2, 0.25) is 0 Å². The molecule has 0 radical (unpaired) electrons. The second-order valence-corrected chi connectivity index (χ2v) is 7.50. The highest BCUT2D eigenvalue weighted by molar-refractivity contribution is 7.09. The van der Waals surface area contributed by atoms with Crippen molar-refractivity contribution in [3.05, 3.63) is 51.5 Å². The predicted molar refractivity (Wildman–Crippen MR) is 94.5 cm³/mol. The molecular weight excluding hydrogens is 360 g/mol. The number of halogens is 2. The fraction of sp³-hybridized carbons (Fsp3) is 0.444. The van der Waals surface area contributed by atoms with E-state index < -0.39 is 23.1 Å². The van der Waals surface area contributed by atoms with Crippen LogP contribution in [0.5, 0.6) is 0 Å². The van der Waals surface area contributed by atoms with Gasteiger partial charge in [-0.1, -0.05) is 12.1 Å². The lowest BCUT2D eigenvalue weighted by Crippen LogP contribution is -2.57. The van der Waals surface area contributed by atoms with Crippen LogP contribution in [-0.2, 0) is 17.9 Å². The van der Waals surface area contributed by atoms with Gasteiger partial charge in [0, 0.05) is 42.8 Å². The van der Waals surface area contributed by atoms with E-state index in [0.717, 1.165) is 16.8 Å². The molecule has 1 aliphatic heterocycles. The molecule has 2 heterocycles. The van der Waals surface area contributed by atoms with Gasteiger partial charge in [0.05, 0.1) is 0 Å². The number of hydrogen-bond donors (Lipinski definition) is 2. The molecule has 140 valence electrons. The number of nitrogens with one attached hydrogen (secondary N) is 1. The highest BCUT2D eigenvalue weighted by Gasteiger charge is 2.42. The fourth-order valence-electron chi connectivity index (χ4n) is 3.12. The van der Waals surface area contributed by atoms with Gasteiger partial charge < -0.3 is 15.3 Å². The molecule has 1 saturated heterocycles. The van der Waals surface area contributed by atoms with Crippen molar-refractivity contribution < 1.29 is 18.7 Å². The van der Waals surface area contributed by atoms with Crippen molar-refractivity contribution in [2.45, 2.75) is 38.5 Å². The Bertz CT molecular complexity index is 798. The van der Waals surface area contributed by atoms with Gasteiger partial charge in [-0.25, -0.2) is 13.8 Å². The number of benzene rings is 1. The number of carbonyl (C=O) groups excluding carboxylic acids is 1. The minimum absolute atomic E-state index is 0.0591. The number of aliphatic hydroxyl groups is 1. The van der Waals surface area contributed by atoms with E-state index in [0.29, 0.717) is 25.9 Å². The average molecular weight is 381 g/mol. The second-order valence-electron chi connectivity index (χ2n) is 6.56. The SMILES string of the molecule is Cc1csc(CNC[C@]2(O)CCCN(Cc3cccc(F)c3F)C2=O)n1. The number of likely N-dealkylation sites (tertiary alicyclic amines) is 1. The molecular formula is C18H21F2N3O2S. The third-order valence-corrected chi connectivity index (χ3v) is 5.42. The highest BCUT2D eigenvalue weighted by Crippen LogP contribution is 2.25. The van der Waals surface area contributed by atoms with Crippen LogP contribution in [0.25, 0.3) is 0 Å². The van der Waals surface area contributed by atoms with Gasteiger partial charge in [0.1, 0.15) is 5.01 Å². The summed E-state index contributed by atoms with van der Waals surface area (Å²) in [5.41, 5.74) is -0.509. The van der Waals surface area contributed by atoms with E-state index >= 15 is 0 Å². The number of piperidine rings is 1. The first-order chi connectivity index (χ1) is 12.4. The van der Waals surface area contributed by atoms with Gasteiger partial charge in [-0.15, -0.1) is 11.3 Å². The Balaban J connectivity index is 1.63. The zero-order valence-corrected chi connectivity index (χ0v) is 15.3. The smallest absolute Gasteiger partial charge is 0.256 e. The monoisotopic (exact) mass is 381 g/mol. The molecule has 0 bridgehead atoms. The molecule has 2 aromatic rings. The van der Waals surface area contributed by atoms with Gasteiger partial charge in [-0.05, 0) is 25.8 Å². The summed E-state index contributed by atoms with van der Waals surface area (Å²) in [6.07, 6.45) is 0.926. The number of nitrogens with zero attached hydrogens (tertiary/aromatic N) is 2. The minimum atomic E-state index is -1.55. The van der Waals surface area contributed by atoms with E-state index in [4.69, 9.17) is 0 Å². The van der Waals surface area contributed by atoms with E-state index in [2.05, 4.69) is 10.3 Å². The molecule has 5 nitrogen and oxygen atoms in total. The Labute approximate surface area is 154 Å². The quantitative estimate of drug-likeness (QED) is 0.806. The van der Waals surface area contributed by atoms with E-state index in [-0.39, 0.29) is 18.7 Å². The molecule has 2 N–H and O–H groups in total. The molecule has 0 spiro atoms. The van der Waals surface area contributed by atoms with Gasteiger partial charge in [-0.3, -0.25) is 4.79 Å². The fourth-order valence-corrected chi connectivity index (χ4v) is 3.86. The first-order valence-electron chi connectivity index (χ1n) is 8.45. The van der Waals surface area contributed by atoms with Gasteiger partial charge >= 0.3 is 0 Å². The van der Waals surface area contributed by atoms with Crippen molar-refractivity contribution in [2.75, 3.05) is 13.1 Å². The van der Waals surface area contributed by atoms with Crippen LogP contribution < -0.4 is 5.32 Å². The zero-order chi connectivity index (χ0) is 18.7. The third kappa shape index (κ3) is 4.08. The van der Waals surface area contributed by atoms with Crippen LogP contribution in [0.1, 0.15) is 29.1 Å². The molecule has 1 aromatic heterocycles. The Hall–Kier alpha value is -1.90. The molecule has 1 fully saturated rings. The summed E-state index contributed by atoms with van der Waals surface area (Å²) >= 11 is 1.51. The number of rotatable bonds is 6.